The van der Waals surface area contributed by atoms with Crippen LogP contribution in [0.5, 0.6) is 0 Å². The molecule has 0 spiro atoms. The molecule has 1 aliphatic heterocycles. The number of hydrogen-bond donors (Lipinski definition) is 2. The second kappa shape index (κ2) is 3.32. The van der Waals surface area contributed by atoms with Gasteiger partial charge in [0.25, 0.3) is 0 Å². The summed E-state index contributed by atoms with van der Waals surface area (Å²) in [4.78, 5) is 0. The van der Waals surface area contributed by atoms with Gasteiger partial charge in [-0.3, -0.25) is 0 Å². The summed E-state index contributed by atoms with van der Waals surface area (Å²) in [6.07, 6.45) is -0.739. The molecule has 0 aromatic rings. The third kappa shape index (κ3) is 2.43. The third-order valence-corrected chi connectivity index (χ3v) is 3.59. The zero-order valence-electron chi connectivity index (χ0n) is 7.32. The molecule has 0 aromatic heterocycles. The molecule has 4 nitrogen and oxygen atoms in total. The summed E-state index contributed by atoms with van der Waals surface area (Å²) in [5, 5.41) is 12.3. The first-order chi connectivity index (χ1) is 5.41. The molecule has 1 fully saturated rings. The minimum Gasteiger partial charge on any atom is -0.390 e. The lowest BCUT2D eigenvalue weighted by atomic mass is 10.2. The summed E-state index contributed by atoms with van der Waals surface area (Å²) in [5.41, 5.74) is 0. The Bertz CT molecular complexity index is 247. The molecule has 72 valence electrons. The van der Waals surface area contributed by atoms with Gasteiger partial charge in [-0.05, 0) is 0 Å². The first-order valence-electron chi connectivity index (χ1n) is 4.05. The molecule has 2 atom stereocenters. The zero-order valence-corrected chi connectivity index (χ0v) is 8.13. The molecular weight excluding hydrogens is 178 g/mol. The first-order valence-corrected chi connectivity index (χ1v) is 5.87. The van der Waals surface area contributed by atoms with Crippen molar-refractivity contribution in [2.75, 3.05) is 11.5 Å². The Morgan fingerprint density at radius 2 is 2.00 bits per heavy atom. The molecule has 0 bridgehead atoms. The summed E-state index contributed by atoms with van der Waals surface area (Å²) in [6.45, 7) is 3.86. The van der Waals surface area contributed by atoms with Crippen LogP contribution in [0.2, 0.25) is 0 Å². The van der Waals surface area contributed by atoms with Crippen molar-refractivity contribution in [3.05, 3.63) is 0 Å². The Balaban J connectivity index is 2.58. The highest BCUT2D eigenvalue weighted by Crippen LogP contribution is 2.12. The van der Waals surface area contributed by atoms with E-state index in [0.29, 0.717) is 0 Å². The Morgan fingerprint density at radius 3 is 2.33 bits per heavy atom. The van der Waals surface area contributed by atoms with E-state index in [1.165, 1.54) is 0 Å². The molecule has 0 saturated carbocycles. The van der Waals surface area contributed by atoms with Crippen LogP contribution in [0.15, 0.2) is 0 Å². The van der Waals surface area contributed by atoms with E-state index in [-0.39, 0.29) is 23.6 Å². The first kappa shape index (κ1) is 9.95. The molecule has 0 amide bonds. The molecule has 12 heavy (non-hydrogen) atoms. The van der Waals surface area contributed by atoms with Gasteiger partial charge in [0, 0.05) is 12.1 Å². The van der Waals surface area contributed by atoms with Crippen molar-refractivity contribution < 1.29 is 13.5 Å². The van der Waals surface area contributed by atoms with Gasteiger partial charge in [-0.25, -0.2) is 8.42 Å². The SMILES string of the molecule is CC(C)N[C@H]1CS(=O)(=O)C[C@H]1O. The molecule has 0 aromatic carbocycles. The summed E-state index contributed by atoms with van der Waals surface area (Å²) >= 11 is 0. The van der Waals surface area contributed by atoms with E-state index in [9.17, 15) is 13.5 Å². The van der Waals surface area contributed by atoms with E-state index in [1.54, 1.807) is 0 Å². The third-order valence-electron chi connectivity index (χ3n) is 1.87. The summed E-state index contributed by atoms with van der Waals surface area (Å²) in [5.74, 6) is -0.0380. The number of rotatable bonds is 2. The highest BCUT2D eigenvalue weighted by atomic mass is 32.2. The molecule has 1 rings (SSSR count). The highest BCUT2D eigenvalue weighted by Gasteiger charge is 2.36. The van der Waals surface area contributed by atoms with Crippen molar-refractivity contribution >= 4 is 9.84 Å². The van der Waals surface area contributed by atoms with Gasteiger partial charge >= 0.3 is 0 Å². The fraction of sp³-hybridized carbons (Fsp3) is 1.00. The Kier molecular flexibility index (Phi) is 2.75. The smallest absolute Gasteiger partial charge is 0.154 e. The predicted molar refractivity (Wildman–Crippen MR) is 46.7 cm³/mol. The van der Waals surface area contributed by atoms with E-state index in [0.717, 1.165) is 0 Å². The van der Waals surface area contributed by atoms with Crippen LogP contribution in [0.4, 0.5) is 0 Å². The monoisotopic (exact) mass is 193 g/mol. The zero-order chi connectivity index (χ0) is 9.35. The van der Waals surface area contributed by atoms with Crippen LogP contribution in [-0.4, -0.2) is 43.2 Å². The van der Waals surface area contributed by atoms with Crippen LogP contribution in [0.3, 0.4) is 0 Å². The maximum Gasteiger partial charge on any atom is 0.154 e. The lowest BCUT2D eigenvalue weighted by Gasteiger charge is -2.17. The maximum atomic E-state index is 11.0. The van der Waals surface area contributed by atoms with Crippen molar-refractivity contribution in [2.24, 2.45) is 0 Å². The van der Waals surface area contributed by atoms with Gasteiger partial charge in [-0.2, -0.15) is 0 Å². The van der Waals surface area contributed by atoms with Gasteiger partial charge in [0.05, 0.1) is 17.6 Å². The van der Waals surface area contributed by atoms with Gasteiger partial charge in [-0.15, -0.1) is 0 Å². The minimum atomic E-state index is -3.00. The van der Waals surface area contributed by atoms with Crippen molar-refractivity contribution in [1.29, 1.82) is 0 Å². The van der Waals surface area contributed by atoms with Crippen LogP contribution >= 0.6 is 0 Å². The molecule has 0 unspecified atom stereocenters. The number of aliphatic hydroxyl groups excluding tert-OH is 1. The number of hydrogen-bond acceptors (Lipinski definition) is 4. The standard InChI is InChI=1S/C7H15NO3S/c1-5(2)8-6-3-12(10,11)4-7(6)9/h5-9H,3-4H2,1-2H3/t6-,7+/m0/s1. The summed E-state index contributed by atoms with van der Waals surface area (Å²) in [7, 11) is -3.00. The second-order valence-electron chi connectivity index (χ2n) is 3.57. The average molecular weight is 193 g/mol. The van der Waals surface area contributed by atoms with E-state index >= 15 is 0 Å². The quantitative estimate of drug-likeness (QED) is 0.599. The van der Waals surface area contributed by atoms with E-state index < -0.39 is 15.9 Å². The van der Waals surface area contributed by atoms with Crippen LogP contribution in [0, 0.1) is 0 Å². The number of nitrogens with one attached hydrogen (secondary N) is 1. The van der Waals surface area contributed by atoms with Gasteiger partial charge in [0.15, 0.2) is 9.84 Å². The van der Waals surface area contributed by atoms with Crippen molar-refractivity contribution in [3.63, 3.8) is 0 Å². The largest absolute Gasteiger partial charge is 0.390 e. The number of aliphatic hydroxyl groups is 1. The topological polar surface area (TPSA) is 66.4 Å². The normalized spacial score (nSPS) is 34.3. The average Bonchev–Trinajstić information content (AvgIpc) is 2.03. The molecule has 1 saturated heterocycles. The van der Waals surface area contributed by atoms with Gasteiger partial charge in [-0.1, -0.05) is 13.8 Å². The van der Waals surface area contributed by atoms with Gasteiger partial charge in [0.2, 0.25) is 0 Å². The molecule has 1 heterocycles. The predicted octanol–water partition coefficient (Wildman–Crippen LogP) is -0.858. The van der Waals surface area contributed by atoms with Crippen LogP contribution in [0.25, 0.3) is 0 Å². The second-order valence-corrected chi connectivity index (χ2v) is 5.73. The van der Waals surface area contributed by atoms with Crippen molar-refractivity contribution in [3.8, 4) is 0 Å². The van der Waals surface area contributed by atoms with Crippen LogP contribution in [-0.2, 0) is 9.84 Å². The van der Waals surface area contributed by atoms with Crippen LogP contribution < -0.4 is 5.32 Å². The van der Waals surface area contributed by atoms with Gasteiger partial charge < -0.3 is 10.4 Å². The summed E-state index contributed by atoms with van der Waals surface area (Å²) in [6, 6.07) is -0.0760. The molecule has 2 N–H and O–H groups in total. The lowest BCUT2D eigenvalue weighted by Crippen LogP contribution is -2.42. The Hall–Kier alpha value is -0.130. The van der Waals surface area contributed by atoms with Gasteiger partial charge in [0.1, 0.15) is 0 Å². The van der Waals surface area contributed by atoms with Crippen molar-refractivity contribution in [2.45, 2.75) is 32.0 Å². The van der Waals surface area contributed by atoms with E-state index in [4.69, 9.17) is 0 Å². The van der Waals surface area contributed by atoms with E-state index in [1.807, 2.05) is 13.8 Å². The Morgan fingerprint density at radius 1 is 1.42 bits per heavy atom. The molecule has 0 radical (unpaired) electrons. The van der Waals surface area contributed by atoms with Crippen molar-refractivity contribution in [1.82, 2.24) is 5.32 Å². The number of sulfone groups is 1. The lowest BCUT2D eigenvalue weighted by molar-refractivity contribution is 0.161. The fourth-order valence-corrected chi connectivity index (χ4v) is 3.17. The molecule has 0 aliphatic carbocycles. The summed E-state index contributed by atoms with van der Waals surface area (Å²) < 4.78 is 22.1. The fourth-order valence-electron chi connectivity index (χ4n) is 1.42. The molecular formula is C7H15NO3S. The van der Waals surface area contributed by atoms with E-state index in [2.05, 4.69) is 5.32 Å². The molecule has 1 aliphatic rings. The maximum absolute atomic E-state index is 11.0. The Labute approximate surface area is 72.9 Å². The highest BCUT2D eigenvalue weighted by molar-refractivity contribution is 7.91. The minimum absolute atomic E-state index is 0.0619. The molecule has 5 heteroatoms. The van der Waals surface area contributed by atoms with Crippen LogP contribution in [0.1, 0.15) is 13.8 Å².